The summed E-state index contributed by atoms with van der Waals surface area (Å²) >= 11 is 0. The van der Waals surface area contributed by atoms with Crippen LogP contribution in [0.25, 0.3) is 11.0 Å². The summed E-state index contributed by atoms with van der Waals surface area (Å²) in [7, 11) is 0. The Hall–Kier alpha value is -3.13. The third-order valence-electron chi connectivity index (χ3n) is 4.44. The van der Waals surface area contributed by atoms with Crippen molar-refractivity contribution in [2.24, 2.45) is 0 Å². The highest BCUT2D eigenvalue weighted by Crippen LogP contribution is 2.41. The molecular formula is C18H18N4O4. The summed E-state index contributed by atoms with van der Waals surface area (Å²) < 4.78 is 10.6. The number of aliphatic hydroxyl groups is 1. The van der Waals surface area contributed by atoms with Crippen LogP contribution in [0.3, 0.4) is 0 Å². The first-order valence-electron chi connectivity index (χ1n) is 8.20. The molecule has 0 aliphatic carbocycles. The largest absolute Gasteiger partial charge is 0.485 e. The highest BCUT2D eigenvalue weighted by atomic mass is 16.6. The van der Waals surface area contributed by atoms with Crippen LogP contribution < -0.4 is 15.4 Å². The number of nitrogens with one attached hydrogen (secondary N) is 2. The maximum absolute atomic E-state index is 12.4. The first-order chi connectivity index (χ1) is 12.4. The lowest BCUT2D eigenvalue weighted by Gasteiger charge is -2.42. The van der Waals surface area contributed by atoms with Gasteiger partial charge in [0, 0.05) is 17.3 Å². The Morgan fingerprint density at radius 3 is 2.58 bits per heavy atom. The molecule has 1 aliphatic rings. The normalized spacial score (nSPS) is 20.9. The second-order valence-electron chi connectivity index (χ2n) is 6.74. The number of benzene rings is 2. The van der Waals surface area contributed by atoms with E-state index in [2.05, 4.69) is 20.9 Å². The summed E-state index contributed by atoms with van der Waals surface area (Å²) in [6.07, 6.45) is -0.964. The third-order valence-corrected chi connectivity index (χ3v) is 4.44. The Morgan fingerprint density at radius 2 is 1.85 bits per heavy atom. The van der Waals surface area contributed by atoms with Gasteiger partial charge >= 0.3 is 6.03 Å². The lowest BCUT2D eigenvalue weighted by Crippen LogP contribution is -2.54. The second kappa shape index (κ2) is 5.99. The molecule has 2 unspecified atom stereocenters. The van der Waals surface area contributed by atoms with E-state index in [-0.39, 0.29) is 0 Å². The number of hydrogen-bond acceptors (Lipinski definition) is 6. The lowest BCUT2D eigenvalue weighted by atomic mass is 9.86. The Bertz CT molecular complexity index is 954. The molecule has 26 heavy (non-hydrogen) atoms. The van der Waals surface area contributed by atoms with Crippen molar-refractivity contribution in [3.63, 3.8) is 0 Å². The summed E-state index contributed by atoms with van der Waals surface area (Å²) in [5.74, 6) is 0.522. The number of amides is 2. The summed E-state index contributed by atoms with van der Waals surface area (Å²) in [5, 5.41) is 24.0. The fourth-order valence-electron chi connectivity index (χ4n) is 3.06. The van der Waals surface area contributed by atoms with Crippen LogP contribution in [-0.4, -0.2) is 33.2 Å². The molecule has 2 heterocycles. The zero-order valence-corrected chi connectivity index (χ0v) is 14.3. The van der Waals surface area contributed by atoms with E-state index >= 15 is 0 Å². The molecule has 0 radical (unpaired) electrons. The summed E-state index contributed by atoms with van der Waals surface area (Å²) in [6.45, 7) is 3.52. The summed E-state index contributed by atoms with van der Waals surface area (Å²) in [4.78, 5) is 12.4. The topological polar surface area (TPSA) is 110 Å². The number of anilines is 1. The zero-order valence-electron chi connectivity index (χ0n) is 14.3. The molecule has 4 rings (SSSR count). The van der Waals surface area contributed by atoms with Crippen LogP contribution in [0.5, 0.6) is 5.75 Å². The number of rotatable bonds is 2. The molecule has 0 saturated heterocycles. The van der Waals surface area contributed by atoms with Gasteiger partial charge in [0.15, 0.2) is 0 Å². The molecule has 0 bridgehead atoms. The van der Waals surface area contributed by atoms with Gasteiger partial charge in [-0.05, 0) is 42.4 Å². The van der Waals surface area contributed by atoms with Crippen LogP contribution in [0.2, 0.25) is 0 Å². The van der Waals surface area contributed by atoms with E-state index in [1.165, 1.54) is 0 Å². The minimum Gasteiger partial charge on any atom is -0.485 e. The van der Waals surface area contributed by atoms with Gasteiger partial charge in [-0.2, -0.15) is 0 Å². The Labute approximate surface area is 149 Å². The molecule has 2 atom stereocenters. The quantitative estimate of drug-likeness (QED) is 0.653. The van der Waals surface area contributed by atoms with Gasteiger partial charge in [-0.3, -0.25) is 0 Å². The molecule has 2 aromatic carbocycles. The summed E-state index contributed by atoms with van der Waals surface area (Å²) in [5.41, 5.74) is 1.44. The maximum atomic E-state index is 12.4. The lowest BCUT2D eigenvalue weighted by molar-refractivity contribution is -0.0617. The van der Waals surface area contributed by atoms with Gasteiger partial charge in [-0.25, -0.2) is 9.42 Å². The van der Waals surface area contributed by atoms with Crippen LogP contribution in [0.4, 0.5) is 10.5 Å². The minimum atomic E-state index is -0.964. The van der Waals surface area contributed by atoms with Crippen LogP contribution in [-0.2, 0) is 0 Å². The molecule has 2 amide bonds. The minimum absolute atomic E-state index is 0.428. The fourth-order valence-corrected chi connectivity index (χ4v) is 3.06. The monoisotopic (exact) mass is 354 g/mol. The molecule has 8 heteroatoms. The number of fused-ring (bicyclic) bond motifs is 2. The van der Waals surface area contributed by atoms with Crippen molar-refractivity contribution in [1.82, 2.24) is 15.6 Å². The van der Waals surface area contributed by atoms with E-state index in [0.29, 0.717) is 28.0 Å². The van der Waals surface area contributed by atoms with Crippen LogP contribution >= 0.6 is 0 Å². The van der Waals surface area contributed by atoms with Gasteiger partial charge in [-0.1, -0.05) is 18.2 Å². The third kappa shape index (κ3) is 2.84. The first kappa shape index (κ1) is 16.3. The predicted octanol–water partition coefficient (Wildman–Crippen LogP) is 2.62. The molecule has 3 aromatic rings. The van der Waals surface area contributed by atoms with Crippen molar-refractivity contribution in [2.75, 3.05) is 5.32 Å². The Morgan fingerprint density at radius 1 is 1.15 bits per heavy atom. The standard InChI is InChI=1S/C18H18N4O4/c1-18(2)16(23)15(20-17(24)19-10-6-4-3-5-7-10)11-8-12-13(22-26-21-12)9-14(11)25-18/h3-9,15-16,23H,1-2H3,(H2,19,20,24). The second-order valence-corrected chi connectivity index (χ2v) is 6.74. The number of aromatic nitrogens is 2. The number of hydrogen-bond donors (Lipinski definition) is 3. The number of nitrogens with zero attached hydrogens (tertiary/aromatic N) is 2. The molecule has 0 saturated carbocycles. The van der Waals surface area contributed by atoms with E-state index in [1.54, 1.807) is 38.1 Å². The van der Waals surface area contributed by atoms with Crippen LogP contribution in [0.15, 0.2) is 47.1 Å². The average molecular weight is 354 g/mol. The molecule has 1 aromatic heterocycles. The molecule has 0 spiro atoms. The SMILES string of the molecule is CC1(C)Oc2cc3nonc3cc2C(NC(=O)Nc2ccccc2)C1O. The number of carbonyl (C=O) groups is 1. The van der Waals surface area contributed by atoms with Crippen LogP contribution in [0, 0.1) is 0 Å². The van der Waals surface area contributed by atoms with Crippen molar-refractivity contribution in [3.8, 4) is 5.75 Å². The van der Waals surface area contributed by atoms with E-state index in [0.717, 1.165) is 0 Å². The van der Waals surface area contributed by atoms with Crippen molar-refractivity contribution in [1.29, 1.82) is 0 Å². The van der Waals surface area contributed by atoms with Gasteiger partial charge < -0.3 is 20.5 Å². The van der Waals surface area contributed by atoms with E-state index in [9.17, 15) is 9.90 Å². The number of urea groups is 1. The van der Waals surface area contributed by atoms with Crippen molar-refractivity contribution in [2.45, 2.75) is 31.6 Å². The molecule has 1 aliphatic heterocycles. The number of aliphatic hydroxyl groups excluding tert-OH is 1. The van der Waals surface area contributed by atoms with Gasteiger partial charge in [0.05, 0.1) is 6.04 Å². The molecule has 0 fully saturated rings. The molecule has 134 valence electrons. The van der Waals surface area contributed by atoms with Gasteiger partial charge in [0.25, 0.3) is 0 Å². The van der Waals surface area contributed by atoms with Crippen molar-refractivity contribution >= 4 is 22.8 Å². The van der Waals surface area contributed by atoms with E-state index in [4.69, 9.17) is 9.37 Å². The van der Waals surface area contributed by atoms with Gasteiger partial charge in [-0.15, -0.1) is 0 Å². The Kier molecular flexibility index (Phi) is 3.77. The van der Waals surface area contributed by atoms with Crippen molar-refractivity contribution in [3.05, 3.63) is 48.0 Å². The van der Waals surface area contributed by atoms with Crippen LogP contribution in [0.1, 0.15) is 25.5 Å². The smallest absolute Gasteiger partial charge is 0.319 e. The fraction of sp³-hybridized carbons (Fsp3) is 0.278. The first-order valence-corrected chi connectivity index (χ1v) is 8.20. The number of para-hydroxylation sites is 1. The highest BCUT2D eigenvalue weighted by Gasteiger charge is 2.44. The molecule has 3 N–H and O–H groups in total. The van der Waals surface area contributed by atoms with Gasteiger partial charge in [0.1, 0.15) is 28.5 Å². The zero-order chi connectivity index (χ0) is 18.3. The highest BCUT2D eigenvalue weighted by molar-refractivity contribution is 5.89. The molecule has 8 nitrogen and oxygen atoms in total. The van der Waals surface area contributed by atoms with Crippen molar-refractivity contribution < 1.29 is 19.3 Å². The average Bonchev–Trinajstić information content (AvgIpc) is 3.05. The number of ether oxygens (including phenoxy) is 1. The Balaban J connectivity index is 1.66. The predicted molar refractivity (Wildman–Crippen MR) is 93.9 cm³/mol. The van der Waals surface area contributed by atoms with E-state index in [1.807, 2.05) is 18.2 Å². The summed E-state index contributed by atoms with van der Waals surface area (Å²) in [6, 6.07) is 11.4. The van der Waals surface area contributed by atoms with E-state index < -0.39 is 23.8 Å². The van der Waals surface area contributed by atoms with Gasteiger partial charge in [0.2, 0.25) is 0 Å². The maximum Gasteiger partial charge on any atom is 0.319 e. The molecular weight excluding hydrogens is 336 g/mol. The number of carbonyl (C=O) groups excluding carboxylic acids is 1.